The Kier molecular flexibility index (Phi) is 6.77. The van der Waals surface area contributed by atoms with Crippen LogP contribution in [0, 0.1) is 11.8 Å². The van der Waals surface area contributed by atoms with Crippen LogP contribution in [0.3, 0.4) is 0 Å². The molecular formula is C12H24N2O2. The zero-order chi connectivity index (χ0) is 12.7. The molecule has 0 saturated carbocycles. The highest BCUT2D eigenvalue weighted by Crippen LogP contribution is 2.08. The zero-order valence-corrected chi connectivity index (χ0v) is 11.0. The number of likely N-dealkylation sites (N-methyl/N-ethyl adjacent to an activating group) is 1. The molecule has 0 fully saturated rings. The molecule has 0 saturated heterocycles. The summed E-state index contributed by atoms with van der Waals surface area (Å²) in [6.07, 6.45) is 1.45. The molecule has 2 amide bonds. The van der Waals surface area contributed by atoms with E-state index in [1.54, 1.807) is 7.05 Å². The standard InChI is InChI=1S/C12H24N2O2/c1-6-9(4)7-10(15)14-11(8(2)3)12(16)13-5/h8-9,11H,6-7H2,1-5H3,(H,13,16)(H,14,15). The summed E-state index contributed by atoms with van der Waals surface area (Å²) in [7, 11) is 1.58. The molecule has 0 bridgehead atoms. The third-order valence-corrected chi connectivity index (χ3v) is 2.74. The molecule has 0 aliphatic rings. The summed E-state index contributed by atoms with van der Waals surface area (Å²) in [5.74, 6) is 0.280. The molecule has 0 radical (unpaired) electrons. The maximum atomic E-state index is 11.7. The van der Waals surface area contributed by atoms with Gasteiger partial charge in [-0.15, -0.1) is 0 Å². The molecular weight excluding hydrogens is 204 g/mol. The lowest BCUT2D eigenvalue weighted by atomic mass is 10.0. The summed E-state index contributed by atoms with van der Waals surface area (Å²) in [5, 5.41) is 5.35. The summed E-state index contributed by atoms with van der Waals surface area (Å²) in [6.45, 7) is 7.92. The summed E-state index contributed by atoms with van der Waals surface area (Å²) < 4.78 is 0. The molecule has 2 unspecified atom stereocenters. The van der Waals surface area contributed by atoms with E-state index < -0.39 is 6.04 Å². The molecule has 94 valence electrons. The van der Waals surface area contributed by atoms with Gasteiger partial charge in [0, 0.05) is 13.5 Å². The first-order valence-electron chi connectivity index (χ1n) is 5.93. The van der Waals surface area contributed by atoms with Crippen molar-refractivity contribution in [2.75, 3.05) is 7.05 Å². The molecule has 4 nitrogen and oxygen atoms in total. The van der Waals surface area contributed by atoms with Gasteiger partial charge < -0.3 is 10.6 Å². The predicted molar refractivity (Wildman–Crippen MR) is 64.9 cm³/mol. The maximum Gasteiger partial charge on any atom is 0.242 e. The van der Waals surface area contributed by atoms with Gasteiger partial charge in [0.15, 0.2) is 0 Å². The normalized spacial score (nSPS) is 14.4. The Bertz CT molecular complexity index is 239. The molecule has 2 N–H and O–H groups in total. The van der Waals surface area contributed by atoms with Crippen molar-refractivity contribution in [3.05, 3.63) is 0 Å². The van der Waals surface area contributed by atoms with Crippen LogP contribution in [0.2, 0.25) is 0 Å². The third kappa shape index (κ3) is 5.14. The predicted octanol–water partition coefficient (Wildman–Crippen LogP) is 1.31. The molecule has 4 heteroatoms. The highest BCUT2D eigenvalue weighted by Gasteiger charge is 2.23. The first-order chi connectivity index (χ1) is 7.42. The van der Waals surface area contributed by atoms with Crippen molar-refractivity contribution in [1.82, 2.24) is 10.6 Å². The molecule has 0 aromatic carbocycles. The van der Waals surface area contributed by atoms with Crippen LogP contribution in [-0.4, -0.2) is 24.9 Å². The molecule has 2 atom stereocenters. The fourth-order valence-corrected chi connectivity index (χ4v) is 1.38. The Labute approximate surface area is 98.2 Å². The van der Waals surface area contributed by atoms with Crippen molar-refractivity contribution in [2.24, 2.45) is 11.8 Å². The molecule has 0 spiro atoms. The van der Waals surface area contributed by atoms with Gasteiger partial charge in [0.25, 0.3) is 0 Å². The van der Waals surface area contributed by atoms with E-state index in [2.05, 4.69) is 17.6 Å². The van der Waals surface area contributed by atoms with Crippen molar-refractivity contribution >= 4 is 11.8 Å². The van der Waals surface area contributed by atoms with Crippen LogP contribution in [0.1, 0.15) is 40.5 Å². The minimum atomic E-state index is -0.429. The topological polar surface area (TPSA) is 58.2 Å². The number of rotatable bonds is 6. The average Bonchev–Trinajstić information content (AvgIpc) is 2.24. The highest BCUT2D eigenvalue weighted by atomic mass is 16.2. The van der Waals surface area contributed by atoms with Gasteiger partial charge in [-0.3, -0.25) is 9.59 Å². The lowest BCUT2D eigenvalue weighted by molar-refractivity contribution is -0.130. The van der Waals surface area contributed by atoms with E-state index >= 15 is 0 Å². The fourth-order valence-electron chi connectivity index (χ4n) is 1.38. The fraction of sp³-hybridized carbons (Fsp3) is 0.833. The lowest BCUT2D eigenvalue weighted by Crippen LogP contribution is -2.49. The van der Waals surface area contributed by atoms with E-state index in [0.29, 0.717) is 12.3 Å². The van der Waals surface area contributed by atoms with Gasteiger partial charge in [0.1, 0.15) is 6.04 Å². The van der Waals surface area contributed by atoms with Crippen molar-refractivity contribution < 1.29 is 9.59 Å². The summed E-state index contributed by atoms with van der Waals surface area (Å²) in [6, 6.07) is -0.429. The number of nitrogens with one attached hydrogen (secondary N) is 2. The zero-order valence-electron chi connectivity index (χ0n) is 11.0. The Balaban J connectivity index is 4.30. The molecule has 0 heterocycles. The number of hydrogen-bond donors (Lipinski definition) is 2. The largest absolute Gasteiger partial charge is 0.357 e. The van der Waals surface area contributed by atoms with Crippen molar-refractivity contribution in [2.45, 2.75) is 46.6 Å². The van der Waals surface area contributed by atoms with Crippen LogP contribution in [0.25, 0.3) is 0 Å². The van der Waals surface area contributed by atoms with Crippen LogP contribution in [0.4, 0.5) is 0 Å². The van der Waals surface area contributed by atoms with E-state index in [-0.39, 0.29) is 17.7 Å². The molecule has 0 rings (SSSR count). The Morgan fingerprint density at radius 1 is 1.19 bits per heavy atom. The van der Waals surface area contributed by atoms with Crippen LogP contribution < -0.4 is 10.6 Å². The third-order valence-electron chi connectivity index (χ3n) is 2.74. The summed E-state index contributed by atoms with van der Waals surface area (Å²) in [5.41, 5.74) is 0. The summed E-state index contributed by atoms with van der Waals surface area (Å²) >= 11 is 0. The van der Waals surface area contributed by atoms with Crippen LogP contribution in [0.15, 0.2) is 0 Å². The number of carbonyl (C=O) groups is 2. The van der Waals surface area contributed by atoms with E-state index in [4.69, 9.17) is 0 Å². The Hall–Kier alpha value is -1.06. The molecule has 0 aliphatic heterocycles. The molecule has 0 aliphatic carbocycles. The smallest absolute Gasteiger partial charge is 0.242 e. The second-order valence-electron chi connectivity index (χ2n) is 4.62. The van der Waals surface area contributed by atoms with Crippen LogP contribution in [-0.2, 0) is 9.59 Å². The highest BCUT2D eigenvalue weighted by molar-refractivity contribution is 5.87. The lowest BCUT2D eigenvalue weighted by Gasteiger charge is -2.21. The van der Waals surface area contributed by atoms with E-state index in [9.17, 15) is 9.59 Å². The van der Waals surface area contributed by atoms with Crippen LogP contribution in [0.5, 0.6) is 0 Å². The first kappa shape index (κ1) is 14.9. The van der Waals surface area contributed by atoms with Gasteiger partial charge in [-0.1, -0.05) is 34.1 Å². The minimum Gasteiger partial charge on any atom is -0.357 e. The maximum absolute atomic E-state index is 11.7. The second kappa shape index (κ2) is 7.25. The van der Waals surface area contributed by atoms with Crippen LogP contribution >= 0.6 is 0 Å². The van der Waals surface area contributed by atoms with Gasteiger partial charge in [-0.05, 0) is 11.8 Å². The van der Waals surface area contributed by atoms with E-state index in [0.717, 1.165) is 6.42 Å². The Morgan fingerprint density at radius 2 is 1.75 bits per heavy atom. The van der Waals surface area contributed by atoms with Crippen molar-refractivity contribution in [3.63, 3.8) is 0 Å². The Morgan fingerprint density at radius 3 is 2.12 bits per heavy atom. The minimum absolute atomic E-state index is 0.0448. The second-order valence-corrected chi connectivity index (χ2v) is 4.62. The van der Waals surface area contributed by atoms with Crippen molar-refractivity contribution in [3.8, 4) is 0 Å². The SMILES string of the molecule is CCC(C)CC(=O)NC(C(=O)NC)C(C)C. The number of amides is 2. The molecule has 0 aromatic rings. The first-order valence-corrected chi connectivity index (χ1v) is 5.93. The average molecular weight is 228 g/mol. The van der Waals surface area contributed by atoms with E-state index in [1.165, 1.54) is 0 Å². The van der Waals surface area contributed by atoms with Gasteiger partial charge in [0.2, 0.25) is 11.8 Å². The number of hydrogen-bond acceptors (Lipinski definition) is 2. The quantitative estimate of drug-likeness (QED) is 0.720. The molecule has 16 heavy (non-hydrogen) atoms. The van der Waals surface area contributed by atoms with E-state index in [1.807, 2.05) is 20.8 Å². The number of carbonyl (C=O) groups excluding carboxylic acids is 2. The van der Waals surface area contributed by atoms with Gasteiger partial charge >= 0.3 is 0 Å². The van der Waals surface area contributed by atoms with Crippen molar-refractivity contribution in [1.29, 1.82) is 0 Å². The van der Waals surface area contributed by atoms with Gasteiger partial charge in [0.05, 0.1) is 0 Å². The monoisotopic (exact) mass is 228 g/mol. The summed E-state index contributed by atoms with van der Waals surface area (Å²) in [4.78, 5) is 23.2. The molecule has 0 aromatic heterocycles. The van der Waals surface area contributed by atoms with Gasteiger partial charge in [-0.2, -0.15) is 0 Å². The van der Waals surface area contributed by atoms with Gasteiger partial charge in [-0.25, -0.2) is 0 Å².